The van der Waals surface area contributed by atoms with Crippen molar-refractivity contribution in [2.24, 2.45) is 0 Å². The normalized spacial score (nSPS) is 13.6. The highest BCUT2D eigenvalue weighted by Crippen LogP contribution is 2.45. The molecule has 0 saturated carbocycles. The number of hydrazine groups is 1. The molecular formula is C25H14Cl6N2O4. The first-order valence-corrected chi connectivity index (χ1v) is 12.8. The number of fused-ring (bicyclic) bond motifs is 1. The zero-order valence-corrected chi connectivity index (χ0v) is 23.4. The Hall–Kier alpha value is -2.32. The molecule has 1 heterocycles. The topological polar surface area (TPSA) is 74.8 Å². The Bertz CT molecular complexity index is 1460. The third-order valence-corrected chi connectivity index (χ3v) is 8.29. The van der Waals surface area contributed by atoms with Crippen LogP contribution in [0.5, 0.6) is 0 Å². The van der Waals surface area contributed by atoms with E-state index in [1.807, 2.05) is 6.92 Å². The molecule has 0 bridgehead atoms. The summed E-state index contributed by atoms with van der Waals surface area (Å²) >= 11 is 36.8. The van der Waals surface area contributed by atoms with E-state index in [-0.39, 0.29) is 52.4 Å². The molecule has 1 aliphatic heterocycles. The molecule has 0 fully saturated rings. The maximum atomic E-state index is 13.8. The summed E-state index contributed by atoms with van der Waals surface area (Å²) < 4.78 is 0. The van der Waals surface area contributed by atoms with E-state index in [1.54, 1.807) is 24.3 Å². The van der Waals surface area contributed by atoms with Crippen LogP contribution in [-0.2, 0) is 0 Å². The van der Waals surface area contributed by atoms with E-state index in [2.05, 4.69) is 0 Å². The maximum absolute atomic E-state index is 13.8. The van der Waals surface area contributed by atoms with Crippen LogP contribution >= 0.6 is 69.6 Å². The second kappa shape index (κ2) is 10.4. The Kier molecular flexibility index (Phi) is 7.82. The summed E-state index contributed by atoms with van der Waals surface area (Å²) in [5.41, 5.74) is 0.443. The molecular weight excluding hydrogens is 605 g/mol. The Balaban J connectivity index is 1.88. The molecule has 0 unspecified atom stereocenters. The summed E-state index contributed by atoms with van der Waals surface area (Å²) in [4.78, 5) is 54.4. The summed E-state index contributed by atoms with van der Waals surface area (Å²) in [6.07, 6.45) is 0. The number of rotatable bonds is 5. The molecule has 4 rings (SSSR count). The van der Waals surface area contributed by atoms with Gasteiger partial charge in [-0.3, -0.25) is 19.2 Å². The monoisotopic (exact) mass is 616 g/mol. The molecule has 37 heavy (non-hydrogen) atoms. The van der Waals surface area contributed by atoms with Crippen molar-refractivity contribution in [3.8, 4) is 0 Å². The predicted molar refractivity (Wildman–Crippen MR) is 145 cm³/mol. The van der Waals surface area contributed by atoms with Crippen molar-refractivity contribution in [2.45, 2.75) is 19.9 Å². The van der Waals surface area contributed by atoms with E-state index in [4.69, 9.17) is 69.6 Å². The lowest BCUT2D eigenvalue weighted by Gasteiger charge is -2.34. The Morgan fingerprint density at radius 3 is 1.70 bits per heavy atom. The molecule has 3 amide bonds. The number of hydrogen-bond acceptors (Lipinski definition) is 4. The van der Waals surface area contributed by atoms with E-state index in [9.17, 15) is 19.2 Å². The molecule has 3 aromatic rings. The molecule has 190 valence electrons. The van der Waals surface area contributed by atoms with Gasteiger partial charge in [0.25, 0.3) is 17.7 Å². The summed E-state index contributed by atoms with van der Waals surface area (Å²) in [7, 11) is 0. The van der Waals surface area contributed by atoms with Gasteiger partial charge in [0, 0.05) is 11.1 Å². The molecule has 1 aliphatic rings. The smallest absolute Gasteiger partial charge is 0.282 e. The second-order valence-electron chi connectivity index (χ2n) is 8.11. The second-order valence-corrected chi connectivity index (χ2v) is 10.4. The Morgan fingerprint density at radius 2 is 1.22 bits per heavy atom. The van der Waals surface area contributed by atoms with E-state index in [1.165, 1.54) is 25.1 Å². The Morgan fingerprint density at radius 1 is 0.730 bits per heavy atom. The van der Waals surface area contributed by atoms with Crippen LogP contribution in [0.1, 0.15) is 53.9 Å². The number of amides is 3. The van der Waals surface area contributed by atoms with Crippen molar-refractivity contribution >= 4 is 93.1 Å². The lowest BCUT2D eigenvalue weighted by atomic mass is 10.0. The standard InChI is InChI=1S/C25H14Cl6N2O4/c1-10-3-5-12(6-4-10)22(34)11(2)32(23(35)13-7-8-14(26)15(27)9-13)33-24(36)16-17(25(33)37)19(29)21(31)20(30)18(16)28/h3-9,11H,1-2H3/t11-/m1/s1. The first-order chi connectivity index (χ1) is 17.4. The molecule has 6 nitrogen and oxygen atoms in total. The number of Topliss-reactive ketones (excluding diaryl/α,β-unsaturated/α-hetero) is 1. The summed E-state index contributed by atoms with van der Waals surface area (Å²) in [6, 6.07) is 9.23. The number of nitrogens with zero attached hydrogens (tertiary/aromatic N) is 2. The van der Waals surface area contributed by atoms with Gasteiger partial charge >= 0.3 is 0 Å². The number of aryl methyl sites for hydroxylation is 1. The van der Waals surface area contributed by atoms with Crippen molar-refractivity contribution in [3.63, 3.8) is 0 Å². The van der Waals surface area contributed by atoms with Gasteiger partial charge < -0.3 is 0 Å². The van der Waals surface area contributed by atoms with Crippen LogP contribution in [0.15, 0.2) is 42.5 Å². The fourth-order valence-electron chi connectivity index (χ4n) is 3.80. The van der Waals surface area contributed by atoms with Crippen molar-refractivity contribution in [2.75, 3.05) is 0 Å². The first kappa shape index (κ1) is 27.7. The number of carbonyl (C=O) groups is 4. The summed E-state index contributed by atoms with van der Waals surface area (Å²) in [5.74, 6) is -3.45. The third kappa shape index (κ3) is 4.71. The third-order valence-electron chi connectivity index (χ3n) is 5.75. The van der Waals surface area contributed by atoms with Gasteiger partial charge in [0.1, 0.15) is 6.04 Å². The van der Waals surface area contributed by atoms with Crippen molar-refractivity contribution in [1.82, 2.24) is 10.0 Å². The van der Waals surface area contributed by atoms with Gasteiger partial charge in [0.05, 0.1) is 41.3 Å². The molecule has 0 radical (unpaired) electrons. The fourth-order valence-corrected chi connectivity index (χ4v) is 5.12. The SMILES string of the molecule is Cc1ccc(C(=O)[C@@H](C)N(C(=O)c2ccc(Cl)c(Cl)c2)N2C(=O)c3c(Cl)c(Cl)c(Cl)c(Cl)c3C2=O)cc1. The first-order valence-electron chi connectivity index (χ1n) is 10.5. The molecule has 3 aromatic carbocycles. The molecule has 12 heteroatoms. The van der Waals surface area contributed by atoms with Crippen LogP contribution in [-0.4, -0.2) is 39.6 Å². The van der Waals surface area contributed by atoms with Crippen LogP contribution in [0.2, 0.25) is 30.1 Å². The number of imide groups is 1. The van der Waals surface area contributed by atoms with Gasteiger partial charge in [0.2, 0.25) is 0 Å². The number of hydrogen-bond donors (Lipinski definition) is 0. The lowest BCUT2D eigenvalue weighted by molar-refractivity contribution is -0.00679. The molecule has 0 N–H and O–H groups in total. The van der Waals surface area contributed by atoms with Gasteiger partial charge in [-0.2, -0.15) is 5.01 Å². The molecule has 0 saturated heterocycles. The van der Waals surface area contributed by atoms with Crippen molar-refractivity contribution in [3.05, 3.63) is 100 Å². The van der Waals surface area contributed by atoms with Crippen molar-refractivity contribution in [1.29, 1.82) is 0 Å². The largest absolute Gasteiger partial charge is 0.292 e. The number of halogens is 6. The highest BCUT2D eigenvalue weighted by Gasteiger charge is 2.48. The molecule has 0 aromatic heterocycles. The van der Waals surface area contributed by atoms with Gasteiger partial charge in [-0.1, -0.05) is 99.4 Å². The fraction of sp³-hybridized carbons (Fsp3) is 0.120. The molecule has 1 atom stereocenters. The predicted octanol–water partition coefficient (Wildman–Crippen LogP) is 7.84. The lowest BCUT2D eigenvalue weighted by Crippen LogP contribution is -2.56. The van der Waals surface area contributed by atoms with E-state index < -0.39 is 29.5 Å². The van der Waals surface area contributed by atoms with Gasteiger partial charge in [-0.25, -0.2) is 5.01 Å². The minimum atomic E-state index is -1.34. The Labute approximate surface area is 241 Å². The number of benzene rings is 3. The highest BCUT2D eigenvalue weighted by molar-refractivity contribution is 6.55. The van der Waals surface area contributed by atoms with Crippen LogP contribution in [0.25, 0.3) is 0 Å². The summed E-state index contributed by atoms with van der Waals surface area (Å²) in [5, 5.41) is 0.381. The zero-order chi connectivity index (χ0) is 27.3. The van der Waals surface area contributed by atoms with E-state index >= 15 is 0 Å². The quantitative estimate of drug-likeness (QED) is 0.126. The van der Waals surface area contributed by atoms with Crippen LogP contribution in [0.4, 0.5) is 0 Å². The summed E-state index contributed by atoms with van der Waals surface area (Å²) in [6.45, 7) is 3.23. The zero-order valence-electron chi connectivity index (χ0n) is 18.9. The maximum Gasteiger partial charge on any atom is 0.282 e. The van der Waals surface area contributed by atoms with Gasteiger partial charge in [0.15, 0.2) is 5.78 Å². The number of ketones is 1. The van der Waals surface area contributed by atoms with Crippen molar-refractivity contribution < 1.29 is 19.2 Å². The van der Waals surface area contributed by atoms with Crippen LogP contribution < -0.4 is 0 Å². The minimum absolute atomic E-state index is 0.0391. The van der Waals surface area contributed by atoms with Gasteiger partial charge in [-0.15, -0.1) is 0 Å². The van der Waals surface area contributed by atoms with Gasteiger partial charge in [-0.05, 0) is 32.0 Å². The average molecular weight is 619 g/mol. The molecule has 0 spiro atoms. The minimum Gasteiger partial charge on any atom is -0.292 e. The highest BCUT2D eigenvalue weighted by atomic mass is 35.5. The average Bonchev–Trinajstić information content (AvgIpc) is 3.13. The van der Waals surface area contributed by atoms with Crippen LogP contribution in [0.3, 0.4) is 0 Å². The van der Waals surface area contributed by atoms with Crippen LogP contribution in [0, 0.1) is 6.92 Å². The van der Waals surface area contributed by atoms with E-state index in [0.29, 0.717) is 5.01 Å². The molecule has 0 aliphatic carbocycles. The van der Waals surface area contributed by atoms with E-state index in [0.717, 1.165) is 10.6 Å². The number of carbonyl (C=O) groups excluding carboxylic acids is 4.